The van der Waals surface area contributed by atoms with Crippen LogP contribution in [0.15, 0.2) is 30.3 Å². The third-order valence-electron chi connectivity index (χ3n) is 2.62. The lowest BCUT2D eigenvalue weighted by Gasteiger charge is -2.07. The maximum absolute atomic E-state index is 11.6. The van der Waals surface area contributed by atoms with Gasteiger partial charge in [-0.05, 0) is 25.0 Å². The smallest absolute Gasteiger partial charge is 0.244 e. The average Bonchev–Trinajstić information content (AvgIpc) is 2.44. The van der Waals surface area contributed by atoms with Gasteiger partial charge in [-0.2, -0.15) is 0 Å². The molecule has 0 saturated heterocycles. The molecule has 0 spiro atoms. The van der Waals surface area contributed by atoms with Gasteiger partial charge in [-0.25, -0.2) is 0 Å². The molecule has 1 aromatic carbocycles. The number of carbonyl (C=O) groups is 1. The van der Waals surface area contributed by atoms with Crippen molar-refractivity contribution in [2.24, 2.45) is 0 Å². The molecule has 0 aliphatic carbocycles. The van der Waals surface area contributed by atoms with Gasteiger partial charge >= 0.3 is 0 Å². The highest BCUT2D eigenvalue weighted by Crippen LogP contribution is 2.19. The van der Waals surface area contributed by atoms with Crippen molar-refractivity contribution in [2.75, 3.05) is 13.2 Å². The van der Waals surface area contributed by atoms with Crippen molar-refractivity contribution in [1.82, 2.24) is 5.32 Å². The molecule has 1 aromatic rings. The van der Waals surface area contributed by atoms with Gasteiger partial charge in [0.15, 0.2) is 0 Å². The summed E-state index contributed by atoms with van der Waals surface area (Å²) in [6, 6.07) is 7.74. The van der Waals surface area contributed by atoms with Crippen LogP contribution in [0.5, 0.6) is 5.75 Å². The highest BCUT2D eigenvalue weighted by atomic mass is 16.5. The number of unbranched alkanes of at least 4 members (excludes halogenated alkanes) is 1. The van der Waals surface area contributed by atoms with Crippen LogP contribution in [-0.4, -0.2) is 19.1 Å². The number of benzene rings is 1. The largest absolute Gasteiger partial charge is 0.493 e. The van der Waals surface area contributed by atoms with E-state index in [1.165, 1.54) is 0 Å². The molecule has 0 saturated carbocycles. The first kappa shape index (κ1) is 15.3. The number of para-hydroxylation sites is 1. The summed E-state index contributed by atoms with van der Waals surface area (Å²) >= 11 is 0. The zero-order valence-corrected chi connectivity index (χ0v) is 11.8. The van der Waals surface area contributed by atoms with E-state index in [0.717, 1.165) is 37.1 Å². The van der Waals surface area contributed by atoms with Crippen LogP contribution >= 0.6 is 0 Å². The van der Waals surface area contributed by atoms with Gasteiger partial charge in [0.2, 0.25) is 5.91 Å². The third kappa shape index (κ3) is 6.09. The van der Waals surface area contributed by atoms with Crippen molar-refractivity contribution < 1.29 is 9.53 Å². The Kier molecular flexibility index (Phi) is 7.40. The fourth-order valence-corrected chi connectivity index (χ4v) is 1.57. The molecule has 0 radical (unpaired) electrons. The van der Waals surface area contributed by atoms with Crippen LogP contribution in [0.4, 0.5) is 0 Å². The van der Waals surface area contributed by atoms with Crippen molar-refractivity contribution in [3.63, 3.8) is 0 Å². The molecule has 0 heterocycles. The standard InChI is InChI=1S/C16H23NO2/c1-3-5-12-17-16(18)11-10-14-8-6-7-9-15(14)19-13-4-2/h6-11H,3-5,12-13H2,1-2H3,(H,17,18)/b11-10+. The van der Waals surface area contributed by atoms with Crippen molar-refractivity contribution in [3.05, 3.63) is 35.9 Å². The molecule has 104 valence electrons. The molecular weight excluding hydrogens is 238 g/mol. The molecule has 0 fully saturated rings. The Hall–Kier alpha value is -1.77. The van der Waals surface area contributed by atoms with Crippen LogP contribution in [0.25, 0.3) is 6.08 Å². The Bertz CT molecular complexity index is 413. The Balaban J connectivity index is 2.57. The highest BCUT2D eigenvalue weighted by Gasteiger charge is 2.00. The van der Waals surface area contributed by atoms with Gasteiger partial charge in [0, 0.05) is 18.2 Å². The minimum atomic E-state index is -0.0567. The number of amides is 1. The molecule has 1 amide bonds. The second-order valence-electron chi connectivity index (χ2n) is 4.36. The van der Waals surface area contributed by atoms with Crippen molar-refractivity contribution in [2.45, 2.75) is 33.1 Å². The first-order valence-electron chi connectivity index (χ1n) is 6.95. The number of carbonyl (C=O) groups excluding carboxylic acids is 1. The van der Waals surface area contributed by atoms with Crippen LogP contribution in [0.2, 0.25) is 0 Å². The van der Waals surface area contributed by atoms with Crippen LogP contribution in [0.3, 0.4) is 0 Å². The van der Waals surface area contributed by atoms with Crippen LogP contribution in [0.1, 0.15) is 38.7 Å². The van der Waals surface area contributed by atoms with Gasteiger partial charge in [-0.3, -0.25) is 4.79 Å². The number of rotatable bonds is 8. The monoisotopic (exact) mass is 261 g/mol. The van der Waals surface area contributed by atoms with E-state index in [1.54, 1.807) is 12.2 Å². The molecule has 3 nitrogen and oxygen atoms in total. The van der Waals surface area contributed by atoms with E-state index in [1.807, 2.05) is 24.3 Å². The zero-order valence-electron chi connectivity index (χ0n) is 11.8. The maximum Gasteiger partial charge on any atom is 0.244 e. The highest BCUT2D eigenvalue weighted by molar-refractivity contribution is 5.92. The van der Waals surface area contributed by atoms with E-state index < -0.39 is 0 Å². The van der Waals surface area contributed by atoms with E-state index in [2.05, 4.69) is 19.2 Å². The normalized spacial score (nSPS) is 10.6. The summed E-state index contributed by atoms with van der Waals surface area (Å²) < 4.78 is 5.63. The van der Waals surface area contributed by atoms with Gasteiger partial charge in [-0.15, -0.1) is 0 Å². The number of hydrogen-bond donors (Lipinski definition) is 1. The van der Waals surface area contributed by atoms with Crippen molar-refractivity contribution in [1.29, 1.82) is 0 Å². The molecule has 0 aliphatic heterocycles. The summed E-state index contributed by atoms with van der Waals surface area (Å²) in [6.07, 6.45) is 6.42. The fraction of sp³-hybridized carbons (Fsp3) is 0.438. The van der Waals surface area contributed by atoms with Crippen molar-refractivity contribution in [3.8, 4) is 5.75 Å². The van der Waals surface area contributed by atoms with E-state index in [-0.39, 0.29) is 5.91 Å². The molecule has 0 aromatic heterocycles. The van der Waals surface area contributed by atoms with Crippen LogP contribution in [-0.2, 0) is 4.79 Å². The maximum atomic E-state index is 11.6. The minimum absolute atomic E-state index is 0.0567. The summed E-state index contributed by atoms with van der Waals surface area (Å²) in [5, 5.41) is 2.85. The molecule has 0 unspecified atom stereocenters. The molecule has 1 rings (SSSR count). The minimum Gasteiger partial charge on any atom is -0.493 e. The number of hydrogen-bond acceptors (Lipinski definition) is 2. The third-order valence-corrected chi connectivity index (χ3v) is 2.62. The molecule has 0 bridgehead atoms. The van der Waals surface area contributed by atoms with E-state index >= 15 is 0 Å². The summed E-state index contributed by atoms with van der Waals surface area (Å²) in [5.74, 6) is 0.765. The molecular formula is C16H23NO2. The summed E-state index contributed by atoms with van der Waals surface area (Å²) in [5.41, 5.74) is 0.932. The lowest BCUT2D eigenvalue weighted by molar-refractivity contribution is -0.116. The SMILES string of the molecule is CCCCNC(=O)/C=C/c1ccccc1OCCC. The quantitative estimate of drug-likeness (QED) is 0.575. The van der Waals surface area contributed by atoms with Crippen LogP contribution in [0, 0.1) is 0 Å². The Labute approximate surface area is 115 Å². The Morgan fingerprint density at radius 2 is 2.05 bits per heavy atom. The molecule has 0 atom stereocenters. The van der Waals surface area contributed by atoms with Crippen molar-refractivity contribution >= 4 is 12.0 Å². The van der Waals surface area contributed by atoms with Gasteiger partial charge in [0.05, 0.1) is 6.61 Å². The molecule has 19 heavy (non-hydrogen) atoms. The summed E-state index contributed by atoms with van der Waals surface area (Å²) in [6.45, 7) is 5.59. The van der Waals surface area contributed by atoms with E-state index in [9.17, 15) is 4.79 Å². The predicted octanol–water partition coefficient (Wildman–Crippen LogP) is 3.40. The average molecular weight is 261 g/mol. The summed E-state index contributed by atoms with van der Waals surface area (Å²) in [4.78, 5) is 11.6. The van der Waals surface area contributed by atoms with Gasteiger partial charge in [0.25, 0.3) is 0 Å². The Morgan fingerprint density at radius 3 is 2.79 bits per heavy atom. The Morgan fingerprint density at radius 1 is 1.26 bits per heavy atom. The second kappa shape index (κ2) is 9.20. The van der Waals surface area contributed by atoms with Gasteiger partial charge in [0.1, 0.15) is 5.75 Å². The van der Waals surface area contributed by atoms with Gasteiger partial charge in [-0.1, -0.05) is 38.5 Å². The zero-order chi connectivity index (χ0) is 13.9. The topological polar surface area (TPSA) is 38.3 Å². The first-order valence-corrected chi connectivity index (χ1v) is 6.95. The first-order chi connectivity index (χ1) is 9.27. The van der Waals surface area contributed by atoms with E-state index in [0.29, 0.717) is 6.61 Å². The summed E-state index contributed by atoms with van der Waals surface area (Å²) in [7, 11) is 0. The second-order valence-corrected chi connectivity index (χ2v) is 4.36. The van der Waals surface area contributed by atoms with Gasteiger partial charge < -0.3 is 10.1 Å². The number of nitrogens with one attached hydrogen (secondary N) is 1. The molecule has 1 N–H and O–H groups in total. The molecule has 0 aliphatic rings. The fourth-order valence-electron chi connectivity index (χ4n) is 1.57. The number of ether oxygens (including phenoxy) is 1. The lowest BCUT2D eigenvalue weighted by atomic mass is 10.2. The van der Waals surface area contributed by atoms with Crippen LogP contribution < -0.4 is 10.1 Å². The lowest BCUT2D eigenvalue weighted by Crippen LogP contribution is -2.21. The predicted molar refractivity (Wildman–Crippen MR) is 79.2 cm³/mol. The molecule has 3 heteroatoms. The van der Waals surface area contributed by atoms with E-state index in [4.69, 9.17) is 4.74 Å².